The van der Waals surface area contributed by atoms with E-state index in [2.05, 4.69) is 29.8 Å². The first kappa shape index (κ1) is 6.48. The summed E-state index contributed by atoms with van der Waals surface area (Å²) in [6, 6.07) is 0. The highest BCUT2D eigenvalue weighted by Gasteiger charge is 1.87. The lowest BCUT2D eigenvalue weighted by atomic mass is 10.2. The molecule has 0 aliphatic heterocycles. The molecule has 0 saturated heterocycles. The van der Waals surface area contributed by atoms with Crippen LogP contribution in [-0.4, -0.2) is 5.33 Å². The number of hydrogen-bond acceptors (Lipinski definition) is 0. The van der Waals surface area contributed by atoms with Crippen LogP contribution in [0.3, 0.4) is 0 Å². The molecule has 0 aromatic carbocycles. The molecule has 0 aliphatic rings. The van der Waals surface area contributed by atoms with Crippen LogP contribution in [0.1, 0.15) is 20.3 Å². The molecule has 0 aromatic rings. The van der Waals surface area contributed by atoms with E-state index in [1.807, 2.05) is 0 Å². The largest absolute Gasteiger partial charge is 0.0928 e. The molecule has 0 spiro atoms. The summed E-state index contributed by atoms with van der Waals surface area (Å²) in [5.74, 6) is 1.49. The Bertz CT molecular complexity index is 25.1. The van der Waals surface area contributed by atoms with Gasteiger partial charge in [-0.3, -0.25) is 0 Å². The van der Waals surface area contributed by atoms with E-state index >= 15 is 0 Å². The third-order valence-corrected chi connectivity index (χ3v) is 0.991. The molecule has 0 heterocycles. The van der Waals surface area contributed by atoms with Crippen molar-refractivity contribution in [1.82, 2.24) is 0 Å². The van der Waals surface area contributed by atoms with Gasteiger partial charge in [0.15, 0.2) is 0 Å². The molecule has 0 aromatic heterocycles. The Morgan fingerprint density at radius 1 is 1.50 bits per heavy atom. The SMILES string of the molecule is C[C](C)CCBr. The molecule has 1 heteroatoms. The molecule has 0 atom stereocenters. The van der Waals surface area contributed by atoms with Crippen LogP contribution < -0.4 is 0 Å². The van der Waals surface area contributed by atoms with Gasteiger partial charge in [-0.2, -0.15) is 0 Å². The highest BCUT2D eigenvalue weighted by molar-refractivity contribution is 9.09. The van der Waals surface area contributed by atoms with E-state index in [-0.39, 0.29) is 0 Å². The number of hydrogen-bond donors (Lipinski definition) is 0. The van der Waals surface area contributed by atoms with Crippen molar-refractivity contribution in [2.75, 3.05) is 5.33 Å². The molecule has 0 fully saturated rings. The van der Waals surface area contributed by atoms with Crippen LogP contribution in [0, 0.1) is 5.92 Å². The Labute approximate surface area is 48.1 Å². The maximum atomic E-state index is 3.33. The van der Waals surface area contributed by atoms with E-state index in [1.165, 1.54) is 12.3 Å². The van der Waals surface area contributed by atoms with E-state index in [0.29, 0.717) is 0 Å². The minimum atomic E-state index is 1.11. The molecule has 6 heavy (non-hydrogen) atoms. The average Bonchev–Trinajstić information content (AvgIpc) is 1.35. The summed E-state index contributed by atoms with van der Waals surface area (Å²) in [4.78, 5) is 0. The molecule has 0 nitrogen and oxygen atoms in total. The van der Waals surface area contributed by atoms with Gasteiger partial charge in [-0.1, -0.05) is 29.8 Å². The lowest BCUT2D eigenvalue weighted by molar-refractivity contribution is 0.939. The van der Waals surface area contributed by atoms with Gasteiger partial charge in [-0.05, 0) is 12.3 Å². The second-order valence-electron chi connectivity index (χ2n) is 1.65. The fraction of sp³-hybridized carbons (Fsp3) is 0.800. The van der Waals surface area contributed by atoms with Crippen LogP contribution in [0.15, 0.2) is 0 Å². The Hall–Kier alpha value is 0.480. The molecular weight excluding hydrogens is 140 g/mol. The molecule has 0 N–H and O–H groups in total. The van der Waals surface area contributed by atoms with Crippen LogP contribution in [-0.2, 0) is 0 Å². The smallest absolute Gasteiger partial charge is 0.00365 e. The summed E-state index contributed by atoms with van der Waals surface area (Å²) < 4.78 is 0. The van der Waals surface area contributed by atoms with Crippen molar-refractivity contribution in [3.05, 3.63) is 5.92 Å². The summed E-state index contributed by atoms with van der Waals surface area (Å²) in [6.45, 7) is 4.28. The van der Waals surface area contributed by atoms with Crippen molar-refractivity contribution < 1.29 is 0 Å². The third-order valence-electron chi connectivity index (χ3n) is 0.594. The minimum Gasteiger partial charge on any atom is -0.0928 e. The summed E-state index contributed by atoms with van der Waals surface area (Å²) in [7, 11) is 0. The van der Waals surface area contributed by atoms with Gasteiger partial charge in [-0.15, -0.1) is 0 Å². The van der Waals surface area contributed by atoms with Crippen LogP contribution in [0.5, 0.6) is 0 Å². The monoisotopic (exact) mass is 149 g/mol. The van der Waals surface area contributed by atoms with Gasteiger partial charge in [0.2, 0.25) is 0 Å². The average molecular weight is 150 g/mol. The second kappa shape index (κ2) is 3.66. The zero-order valence-corrected chi connectivity index (χ0v) is 5.88. The third kappa shape index (κ3) is 4.48. The maximum absolute atomic E-state index is 3.33. The van der Waals surface area contributed by atoms with E-state index in [4.69, 9.17) is 0 Å². The summed E-state index contributed by atoms with van der Waals surface area (Å²) in [5, 5.41) is 1.11. The second-order valence-corrected chi connectivity index (χ2v) is 2.44. The normalized spacial score (nSPS) is 10.0. The van der Waals surface area contributed by atoms with Gasteiger partial charge in [0, 0.05) is 5.33 Å². The summed E-state index contributed by atoms with van der Waals surface area (Å²) in [6.07, 6.45) is 1.21. The maximum Gasteiger partial charge on any atom is 0.00365 e. The number of alkyl halides is 1. The zero-order valence-electron chi connectivity index (χ0n) is 4.29. The Balaban J connectivity index is 2.63. The van der Waals surface area contributed by atoms with Crippen LogP contribution in [0.25, 0.3) is 0 Å². The molecule has 0 aliphatic carbocycles. The molecule has 0 saturated carbocycles. The Kier molecular flexibility index (Phi) is 3.96. The van der Waals surface area contributed by atoms with Gasteiger partial charge in [0.05, 0.1) is 0 Å². The predicted octanol–water partition coefficient (Wildman–Crippen LogP) is 2.39. The molecule has 0 bridgehead atoms. The van der Waals surface area contributed by atoms with Crippen molar-refractivity contribution in [3.8, 4) is 0 Å². The first-order chi connectivity index (χ1) is 2.77. The predicted molar refractivity (Wildman–Crippen MR) is 33.0 cm³/mol. The summed E-state index contributed by atoms with van der Waals surface area (Å²) in [5.41, 5.74) is 0. The Morgan fingerprint density at radius 3 is 2.00 bits per heavy atom. The molecule has 0 unspecified atom stereocenters. The van der Waals surface area contributed by atoms with E-state index in [9.17, 15) is 0 Å². The zero-order chi connectivity index (χ0) is 4.99. The molecular formula is C5H10Br. The van der Waals surface area contributed by atoms with Crippen molar-refractivity contribution in [1.29, 1.82) is 0 Å². The number of halogens is 1. The number of rotatable bonds is 2. The van der Waals surface area contributed by atoms with Gasteiger partial charge >= 0.3 is 0 Å². The molecule has 1 radical (unpaired) electrons. The quantitative estimate of drug-likeness (QED) is 0.530. The first-order valence-corrected chi connectivity index (χ1v) is 3.24. The lowest BCUT2D eigenvalue weighted by Crippen LogP contribution is -1.81. The van der Waals surface area contributed by atoms with E-state index in [0.717, 1.165) is 5.33 Å². The van der Waals surface area contributed by atoms with Crippen LogP contribution in [0.2, 0.25) is 0 Å². The Morgan fingerprint density at radius 2 is 2.00 bits per heavy atom. The van der Waals surface area contributed by atoms with Gasteiger partial charge < -0.3 is 0 Å². The van der Waals surface area contributed by atoms with Gasteiger partial charge in [-0.25, -0.2) is 0 Å². The lowest BCUT2D eigenvalue weighted by Gasteiger charge is -1.94. The van der Waals surface area contributed by atoms with E-state index < -0.39 is 0 Å². The van der Waals surface area contributed by atoms with Crippen molar-refractivity contribution in [2.45, 2.75) is 20.3 Å². The van der Waals surface area contributed by atoms with Gasteiger partial charge in [0.25, 0.3) is 0 Å². The highest BCUT2D eigenvalue weighted by Crippen LogP contribution is 2.02. The molecule has 0 amide bonds. The standard InChI is InChI=1S/C5H10Br/c1-5(2)3-4-6/h3-4H2,1-2H3. The highest BCUT2D eigenvalue weighted by atomic mass is 79.9. The van der Waals surface area contributed by atoms with E-state index in [1.54, 1.807) is 0 Å². The molecule has 37 valence electrons. The van der Waals surface area contributed by atoms with Crippen molar-refractivity contribution in [2.24, 2.45) is 0 Å². The van der Waals surface area contributed by atoms with Crippen molar-refractivity contribution in [3.63, 3.8) is 0 Å². The summed E-state index contributed by atoms with van der Waals surface area (Å²) >= 11 is 3.33. The fourth-order valence-corrected chi connectivity index (χ4v) is 0.982. The first-order valence-electron chi connectivity index (χ1n) is 2.12. The minimum absolute atomic E-state index is 1.11. The van der Waals surface area contributed by atoms with Gasteiger partial charge in [0.1, 0.15) is 0 Å². The van der Waals surface area contributed by atoms with Crippen LogP contribution in [0.4, 0.5) is 0 Å². The molecule has 0 rings (SSSR count). The topological polar surface area (TPSA) is 0 Å². The van der Waals surface area contributed by atoms with Crippen LogP contribution >= 0.6 is 15.9 Å². The fourth-order valence-electron chi connectivity index (χ4n) is 0.189. The van der Waals surface area contributed by atoms with Crippen molar-refractivity contribution >= 4 is 15.9 Å².